The van der Waals surface area contributed by atoms with E-state index in [4.69, 9.17) is 14.2 Å². The van der Waals surface area contributed by atoms with Gasteiger partial charge in [-0.05, 0) is 43.2 Å². The average Bonchev–Trinajstić information content (AvgIpc) is 2.90. The predicted octanol–water partition coefficient (Wildman–Crippen LogP) is 3.25. The van der Waals surface area contributed by atoms with Gasteiger partial charge in [-0.1, -0.05) is 18.2 Å². The summed E-state index contributed by atoms with van der Waals surface area (Å²) in [5, 5.41) is 0. The van der Waals surface area contributed by atoms with Gasteiger partial charge in [-0.2, -0.15) is 0 Å². The molecule has 4 heteroatoms. The highest BCUT2D eigenvalue weighted by molar-refractivity contribution is 5.92. The van der Waals surface area contributed by atoms with Crippen LogP contribution in [-0.2, 0) is 0 Å². The zero-order valence-corrected chi connectivity index (χ0v) is 11.3. The highest BCUT2D eigenvalue weighted by Gasteiger charge is 2.18. The largest absolute Gasteiger partial charge is 0.454 e. The molecule has 0 fully saturated rings. The number of esters is 1. The maximum atomic E-state index is 12.2. The molecule has 20 heavy (non-hydrogen) atoms. The first-order valence-electron chi connectivity index (χ1n) is 6.33. The predicted molar refractivity (Wildman–Crippen MR) is 73.4 cm³/mol. The molecule has 102 valence electrons. The Labute approximate surface area is 116 Å². The molecule has 1 heterocycles. The van der Waals surface area contributed by atoms with Crippen LogP contribution in [0, 0.1) is 13.8 Å². The zero-order chi connectivity index (χ0) is 14.1. The molecule has 2 aromatic carbocycles. The van der Waals surface area contributed by atoms with Crippen LogP contribution in [-0.4, -0.2) is 12.8 Å². The quantitative estimate of drug-likeness (QED) is 0.620. The Balaban J connectivity index is 1.86. The summed E-state index contributed by atoms with van der Waals surface area (Å²) in [5.41, 5.74) is 2.30. The van der Waals surface area contributed by atoms with Crippen molar-refractivity contribution in [3.8, 4) is 17.2 Å². The molecule has 0 N–H and O–H groups in total. The van der Waals surface area contributed by atoms with Gasteiger partial charge in [0.1, 0.15) is 5.75 Å². The first-order valence-corrected chi connectivity index (χ1v) is 6.33. The van der Waals surface area contributed by atoms with Crippen LogP contribution in [0.5, 0.6) is 17.2 Å². The Morgan fingerprint density at radius 1 is 1.05 bits per heavy atom. The monoisotopic (exact) mass is 270 g/mol. The summed E-state index contributed by atoms with van der Waals surface area (Å²) in [4.78, 5) is 12.2. The Bertz CT molecular complexity index is 656. The summed E-state index contributed by atoms with van der Waals surface area (Å²) in [7, 11) is 0. The molecule has 4 nitrogen and oxygen atoms in total. The lowest BCUT2D eigenvalue weighted by molar-refractivity contribution is 0.0732. The van der Waals surface area contributed by atoms with Crippen molar-refractivity contribution in [3.05, 3.63) is 53.1 Å². The number of carbonyl (C=O) groups is 1. The van der Waals surface area contributed by atoms with Crippen molar-refractivity contribution < 1.29 is 19.0 Å². The van der Waals surface area contributed by atoms with Gasteiger partial charge in [-0.15, -0.1) is 0 Å². The van der Waals surface area contributed by atoms with E-state index in [9.17, 15) is 4.79 Å². The number of aryl methyl sites for hydroxylation is 2. The van der Waals surface area contributed by atoms with Crippen molar-refractivity contribution in [2.45, 2.75) is 13.8 Å². The summed E-state index contributed by atoms with van der Waals surface area (Å²) in [5.74, 6) is 1.42. The fourth-order valence-electron chi connectivity index (χ4n) is 2.14. The van der Waals surface area contributed by atoms with Crippen LogP contribution in [0.15, 0.2) is 36.4 Å². The lowest BCUT2D eigenvalue weighted by atomic mass is 10.1. The Hall–Kier alpha value is -2.49. The number of para-hydroxylation sites is 1. The first-order chi connectivity index (χ1) is 9.65. The Morgan fingerprint density at radius 2 is 1.75 bits per heavy atom. The molecule has 0 spiro atoms. The van der Waals surface area contributed by atoms with Crippen molar-refractivity contribution in [1.29, 1.82) is 0 Å². The topological polar surface area (TPSA) is 44.8 Å². The average molecular weight is 270 g/mol. The van der Waals surface area contributed by atoms with E-state index in [0.717, 1.165) is 11.1 Å². The number of ether oxygens (including phenoxy) is 3. The van der Waals surface area contributed by atoms with E-state index in [1.807, 2.05) is 32.0 Å². The molecule has 0 radical (unpaired) electrons. The minimum atomic E-state index is -0.402. The van der Waals surface area contributed by atoms with Gasteiger partial charge in [0.25, 0.3) is 0 Å². The minimum Gasteiger partial charge on any atom is -0.454 e. The molecule has 1 aliphatic rings. The van der Waals surface area contributed by atoms with E-state index >= 15 is 0 Å². The number of hydrogen-bond acceptors (Lipinski definition) is 4. The summed E-state index contributed by atoms with van der Waals surface area (Å²) in [6.45, 7) is 4.01. The van der Waals surface area contributed by atoms with E-state index in [1.54, 1.807) is 18.2 Å². The van der Waals surface area contributed by atoms with E-state index in [0.29, 0.717) is 22.8 Å². The number of carbonyl (C=O) groups excluding carboxylic acids is 1. The Morgan fingerprint density at radius 3 is 2.50 bits per heavy atom. The second kappa shape index (κ2) is 4.89. The van der Waals surface area contributed by atoms with Crippen LogP contribution in [0.1, 0.15) is 21.5 Å². The highest BCUT2D eigenvalue weighted by atomic mass is 16.7. The molecule has 0 aliphatic carbocycles. The molecular formula is C16H14O4. The second-order valence-corrected chi connectivity index (χ2v) is 4.68. The normalized spacial score (nSPS) is 12.3. The molecule has 0 unspecified atom stereocenters. The molecular weight excluding hydrogens is 256 g/mol. The van der Waals surface area contributed by atoms with Crippen LogP contribution in [0.4, 0.5) is 0 Å². The van der Waals surface area contributed by atoms with E-state index in [2.05, 4.69) is 0 Å². The van der Waals surface area contributed by atoms with Crippen molar-refractivity contribution in [2.75, 3.05) is 6.79 Å². The van der Waals surface area contributed by atoms with Crippen molar-refractivity contribution in [2.24, 2.45) is 0 Å². The van der Waals surface area contributed by atoms with Gasteiger partial charge in [0, 0.05) is 0 Å². The summed E-state index contributed by atoms with van der Waals surface area (Å²) in [6, 6.07) is 10.8. The van der Waals surface area contributed by atoms with Crippen LogP contribution in [0.25, 0.3) is 0 Å². The van der Waals surface area contributed by atoms with Gasteiger partial charge in [-0.25, -0.2) is 4.79 Å². The lowest BCUT2D eigenvalue weighted by Crippen LogP contribution is -2.10. The second-order valence-electron chi connectivity index (χ2n) is 4.68. The maximum Gasteiger partial charge on any atom is 0.343 e. The maximum absolute atomic E-state index is 12.2. The number of rotatable bonds is 2. The van der Waals surface area contributed by atoms with Gasteiger partial charge in [0.05, 0.1) is 5.56 Å². The fraction of sp³-hybridized carbons (Fsp3) is 0.188. The number of benzene rings is 2. The lowest BCUT2D eigenvalue weighted by Gasteiger charge is -2.10. The smallest absolute Gasteiger partial charge is 0.343 e. The number of hydrogen-bond donors (Lipinski definition) is 0. The van der Waals surface area contributed by atoms with Crippen molar-refractivity contribution in [3.63, 3.8) is 0 Å². The summed E-state index contributed by atoms with van der Waals surface area (Å²) in [6.07, 6.45) is 0. The van der Waals surface area contributed by atoms with Gasteiger partial charge in [-0.3, -0.25) is 0 Å². The molecule has 0 aromatic heterocycles. The third-order valence-electron chi connectivity index (χ3n) is 3.21. The van der Waals surface area contributed by atoms with E-state index in [-0.39, 0.29) is 6.79 Å². The van der Waals surface area contributed by atoms with E-state index < -0.39 is 5.97 Å². The number of fused-ring (bicyclic) bond motifs is 1. The first kappa shape index (κ1) is 12.5. The van der Waals surface area contributed by atoms with Crippen LogP contribution >= 0.6 is 0 Å². The molecule has 0 amide bonds. The van der Waals surface area contributed by atoms with Crippen LogP contribution < -0.4 is 14.2 Å². The highest BCUT2D eigenvalue weighted by Crippen LogP contribution is 2.33. The third kappa shape index (κ3) is 2.20. The van der Waals surface area contributed by atoms with Crippen LogP contribution in [0.2, 0.25) is 0 Å². The SMILES string of the molecule is Cc1cccc(C)c1OC(=O)c1ccc2c(c1)OCO2. The van der Waals surface area contributed by atoms with Crippen molar-refractivity contribution in [1.82, 2.24) is 0 Å². The third-order valence-corrected chi connectivity index (χ3v) is 3.21. The van der Waals surface area contributed by atoms with Gasteiger partial charge in [0.2, 0.25) is 6.79 Å². The minimum absolute atomic E-state index is 0.185. The molecule has 0 atom stereocenters. The zero-order valence-electron chi connectivity index (χ0n) is 11.3. The van der Waals surface area contributed by atoms with Crippen molar-refractivity contribution >= 4 is 5.97 Å². The molecule has 2 aromatic rings. The fourth-order valence-corrected chi connectivity index (χ4v) is 2.14. The molecule has 0 bridgehead atoms. The molecule has 0 saturated carbocycles. The van der Waals surface area contributed by atoms with Gasteiger partial charge in [0.15, 0.2) is 11.5 Å². The van der Waals surface area contributed by atoms with Gasteiger partial charge >= 0.3 is 5.97 Å². The summed E-state index contributed by atoms with van der Waals surface area (Å²) < 4.78 is 16.0. The standard InChI is InChI=1S/C16H14O4/c1-10-4-3-5-11(2)15(10)20-16(17)12-6-7-13-14(8-12)19-9-18-13/h3-8H,9H2,1-2H3. The van der Waals surface area contributed by atoms with Crippen LogP contribution in [0.3, 0.4) is 0 Å². The molecule has 3 rings (SSSR count). The Kier molecular flexibility index (Phi) is 3.06. The van der Waals surface area contributed by atoms with E-state index in [1.165, 1.54) is 0 Å². The molecule has 0 saturated heterocycles. The molecule has 1 aliphatic heterocycles. The van der Waals surface area contributed by atoms with Gasteiger partial charge < -0.3 is 14.2 Å². The summed E-state index contributed by atoms with van der Waals surface area (Å²) >= 11 is 0.